The SMILES string of the molecule is Nc1ncc(Cl)c(Oc2ccc3c(c2)CCC(=O)N3)n1. The van der Waals surface area contributed by atoms with Gasteiger partial charge < -0.3 is 15.8 Å². The number of nitrogens with zero attached hydrogens (tertiary/aromatic N) is 2. The number of hydrogen-bond acceptors (Lipinski definition) is 5. The van der Waals surface area contributed by atoms with Gasteiger partial charge in [0.1, 0.15) is 10.8 Å². The minimum atomic E-state index is 0.0257. The number of nitrogen functional groups attached to an aromatic ring is 1. The molecule has 2 heterocycles. The van der Waals surface area contributed by atoms with Crippen LogP contribution in [-0.4, -0.2) is 15.9 Å². The summed E-state index contributed by atoms with van der Waals surface area (Å²) in [5.74, 6) is 0.909. The number of aryl methyl sites for hydroxylation is 1. The number of nitrogens with one attached hydrogen (secondary N) is 1. The number of aromatic nitrogens is 2. The molecule has 7 heteroatoms. The third-order valence-electron chi connectivity index (χ3n) is 2.92. The van der Waals surface area contributed by atoms with Gasteiger partial charge in [-0.15, -0.1) is 0 Å². The van der Waals surface area contributed by atoms with E-state index in [0.717, 1.165) is 11.3 Å². The smallest absolute Gasteiger partial charge is 0.243 e. The van der Waals surface area contributed by atoms with E-state index in [1.165, 1.54) is 6.20 Å². The second-order valence-corrected chi connectivity index (χ2v) is 4.76. The second-order valence-electron chi connectivity index (χ2n) is 4.35. The van der Waals surface area contributed by atoms with Crippen molar-refractivity contribution in [3.8, 4) is 11.6 Å². The van der Waals surface area contributed by atoms with Gasteiger partial charge in [-0.1, -0.05) is 11.6 Å². The molecule has 0 unspecified atom stereocenters. The van der Waals surface area contributed by atoms with E-state index in [2.05, 4.69) is 15.3 Å². The molecule has 1 aliphatic heterocycles. The number of carbonyl (C=O) groups excluding carboxylic acids is 1. The topological polar surface area (TPSA) is 90.1 Å². The summed E-state index contributed by atoms with van der Waals surface area (Å²) in [7, 11) is 0. The number of nitrogens with two attached hydrogens (primary N) is 1. The van der Waals surface area contributed by atoms with Gasteiger partial charge in [-0.2, -0.15) is 4.98 Å². The lowest BCUT2D eigenvalue weighted by atomic mass is 10.0. The Balaban J connectivity index is 1.88. The van der Waals surface area contributed by atoms with E-state index in [0.29, 0.717) is 18.6 Å². The molecule has 102 valence electrons. The summed E-state index contributed by atoms with van der Waals surface area (Å²) in [5.41, 5.74) is 7.32. The van der Waals surface area contributed by atoms with Gasteiger partial charge in [-0.05, 0) is 30.2 Å². The first-order chi connectivity index (χ1) is 9.61. The van der Waals surface area contributed by atoms with Crippen LogP contribution in [0.2, 0.25) is 5.02 Å². The Morgan fingerprint density at radius 2 is 2.20 bits per heavy atom. The Hall–Kier alpha value is -2.34. The lowest BCUT2D eigenvalue weighted by Gasteiger charge is -2.17. The molecule has 0 bridgehead atoms. The molecular formula is C13H11ClN4O2. The van der Waals surface area contributed by atoms with Crippen LogP contribution in [0.25, 0.3) is 0 Å². The lowest BCUT2D eigenvalue weighted by molar-refractivity contribution is -0.116. The summed E-state index contributed by atoms with van der Waals surface area (Å²) in [5, 5.41) is 3.09. The van der Waals surface area contributed by atoms with E-state index in [1.54, 1.807) is 12.1 Å². The van der Waals surface area contributed by atoms with E-state index < -0.39 is 0 Å². The van der Waals surface area contributed by atoms with Crippen molar-refractivity contribution in [2.24, 2.45) is 0 Å². The van der Waals surface area contributed by atoms with Crippen molar-refractivity contribution < 1.29 is 9.53 Å². The average Bonchev–Trinajstić information content (AvgIpc) is 2.43. The molecule has 3 N–H and O–H groups in total. The number of amides is 1. The van der Waals surface area contributed by atoms with Crippen LogP contribution in [0, 0.1) is 0 Å². The Labute approximate surface area is 119 Å². The van der Waals surface area contributed by atoms with Gasteiger partial charge in [0, 0.05) is 12.1 Å². The molecule has 1 amide bonds. The van der Waals surface area contributed by atoms with Crippen LogP contribution in [0.1, 0.15) is 12.0 Å². The van der Waals surface area contributed by atoms with E-state index in [9.17, 15) is 4.79 Å². The van der Waals surface area contributed by atoms with Crippen molar-refractivity contribution in [2.75, 3.05) is 11.1 Å². The highest BCUT2D eigenvalue weighted by molar-refractivity contribution is 6.31. The van der Waals surface area contributed by atoms with Gasteiger partial charge in [-0.3, -0.25) is 4.79 Å². The van der Waals surface area contributed by atoms with Gasteiger partial charge in [0.15, 0.2) is 0 Å². The number of rotatable bonds is 2. The first-order valence-corrected chi connectivity index (χ1v) is 6.38. The monoisotopic (exact) mass is 290 g/mol. The number of benzene rings is 1. The quantitative estimate of drug-likeness (QED) is 0.886. The normalized spacial score (nSPS) is 13.6. The highest BCUT2D eigenvalue weighted by Crippen LogP contribution is 2.31. The molecule has 0 fully saturated rings. The fourth-order valence-electron chi connectivity index (χ4n) is 1.97. The minimum Gasteiger partial charge on any atom is -0.437 e. The highest BCUT2D eigenvalue weighted by atomic mass is 35.5. The third-order valence-corrected chi connectivity index (χ3v) is 3.18. The molecule has 6 nitrogen and oxygen atoms in total. The van der Waals surface area contributed by atoms with E-state index in [-0.39, 0.29) is 22.8 Å². The van der Waals surface area contributed by atoms with Gasteiger partial charge in [0.2, 0.25) is 17.7 Å². The molecule has 3 rings (SSSR count). The van der Waals surface area contributed by atoms with Crippen molar-refractivity contribution in [1.29, 1.82) is 0 Å². The van der Waals surface area contributed by atoms with Crippen molar-refractivity contribution in [2.45, 2.75) is 12.8 Å². The molecule has 0 atom stereocenters. The zero-order valence-electron chi connectivity index (χ0n) is 10.4. The van der Waals surface area contributed by atoms with Crippen LogP contribution >= 0.6 is 11.6 Å². The number of carbonyl (C=O) groups is 1. The lowest BCUT2D eigenvalue weighted by Crippen LogP contribution is -2.18. The zero-order chi connectivity index (χ0) is 14.1. The maximum atomic E-state index is 11.3. The Kier molecular flexibility index (Phi) is 3.15. The van der Waals surface area contributed by atoms with E-state index in [4.69, 9.17) is 22.1 Å². The van der Waals surface area contributed by atoms with Gasteiger partial charge >= 0.3 is 0 Å². The van der Waals surface area contributed by atoms with Crippen molar-refractivity contribution in [3.63, 3.8) is 0 Å². The fraction of sp³-hybridized carbons (Fsp3) is 0.154. The highest BCUT2D eigenvalue weighted by Gasteiger charge is 2.16. The molecule has 0 spiro atoms. The first-order valence-electron chi connectivity index (χ1n) is 6.00. The van der Waals surface area contributed by atoms with Crippen LogP contribution in [0.5, 0.6) is 11.6 Å². The molecular weight excluding hydrogens is 280 g/mol. The number of halogens is 1. The van der Waals surface area contributed by atoms with Crippen molar-refractivity contribution >= 4 is 29.1 Å². The summed E-state index contributed by atoms with van der Waals surface area (Å²) in [6, 6.07) is 5.38. The number of ether oxygens (including phenoxy) is 1. The molecule has 2 aromatic rings. The fourth-order valence-corrected chi connectivity index (χ4v) is 2.10. The standard InChI is InChI=1S/C13H11ClN4O2/c14-9-6-16-13(15)18-12(9)20-8-2-3-10-7(5-8)1-4-11(19)17-10/h2-3,5-6H,1,4H2,(H,17,19)(H2,15,16,18). The van der Waals surface area contributed by atoms with Crippen LogP contribution in [0.15, 0.2) is 24.4 Å². The first kappa shape index (κ1) is 12.7. The van der Waals surface area contributed by atoms with Crippen LogP contribution in [-0.2, 0) is 11.2 Å². The predicted octanol–water partition coefficient (Wildman–Crippen LogP) is 2.39. The van der Waals surface area contributed by atoms with E-state index in [1.807, 2.05) is 6.07 Å². The van der Waals surface area contributed by atoms with Crippen LogP contribution < -0.4 is 15.8 Å². The summed E-state index contributed by atoms with van der Waals surface area (Å²) < 4.78 is 5.61. The van der Waals surface area contributed by atoms with Crippen LogP contribution in [0.4, 0.5) is 11.6 Å². The molecule has 20 heavy (non-hydrogen) atoms. The van der Waals surface area contributed by atoms with Crippen molar-refractivity contribution in [3.05, 3.63) is 35.0 Å². The molecule has 0 saturated carbocycles. The van der Waals surface area contributed by atoms with Crippen LogP contribution in [0.3, 0.4) is 0 Å². The number of anilines is 2. The maximum Gasteiger partial charge on any atom is 0.243 e. The summed E-state index contributed by atoms with van der Waals surface area (Å²) in [4.78, 5) is 19.0. The molecule has 1 aliphatic rings. The molecule has 0 saturated heterocycles. The maximum absolute atomic E-state index is 11.3. The summed E-state index contributed by atoms with van der Waals surface area (Å²) in [6.07, 6.45) is 2.54. The Morgan fingerprint density at radius 1 is 1.35 bits per heavy atom. The van der Waals surface area contributed by atoms with Gasteiger partial charge in [-0.25, -0.2) is 4.98 Å². The molecule has 1 aromatic heterocycles. The minimum absolute atomic E-state index is 0.0257. The summed E-state index contributed by atoms with van der Waals surface area (Å²) >= 11 is 5.95. The third kappa shape index (κ3) is 2.50. The summed E-state index contributed by atoms with van der Waals surface area (Å²) in [6.45, 7) is 0. The van der Waals surface area contributed by atoms with Gasteiger partial charge in [0.05, 0.1) is 6.20 Å². The largest absolute Gasteiger partial charge is 0.437 e. The number of fused-ring (bicyclic) bond motifs is 1. The molecule has 1 aromatic carbocycles. The van der Waals surface area contributed by atoms with Crippen molar-refractivity contribution in [1.82, 2.24) is 9.97 Å². The number of hydrogen-bond donors (Lipinski definition) is 2. The predicted molar refractivity (Wildman–Crippen MR) is 74.9 cm³/mol. The molecule has 0 aliphatic carbocycles. The van der Waals surface area contributed by atoms with E-state index >= 15 is 0 Å². The molecule has 0 radical (unpaired) electrons. The van der Waals surface area contributed by atoms with Gasteiger partial charge in [0.25, 0.3) is 0 Å². The zero-order valence-corrected chi connectivity index (χ0v) is 11.1. The average molecular weight is 291 g/mol. The second kappa shape index (κ2) is 4.97. The Morgan fingerprint density at radius 3 is 3.05 bits per heavy atom. The Bertz CT molecular complexity index is 690.